The molecule has 2 N–H and O–H groups in total. The molecule has 0 saturated carbocycles. The van der Waals surface area contributed by atoms with E-state index in [4.69, 9.17) is 0 Å². The third-order valence-corrected chi connectivity index (χ3v) is 5.95. The summed E-state index contributed by atoms with van der Waals surface area (Å²) >= 11 is 1.27. The molecule has 0 radical (unpaired) electrons. The molecule has 0 aliphatic heterocycles. The second-order valence-corrected chi connectivity index (χ2v) is 8.34. The molecule has 2 aromatic carbocycles. The number of carbonyl (C=O) groups excluding carboxylic acids is 2. The molecule has 0 bridgehead atoms. The van der Waals surface area contributed by atoms with Gasteiger partial charge in [0, 0.05) is 18.4 Å². The summed E-state index contributed by atoms with van der Waals surface area (Å²) in [6.07, 6.45) is 1.70. The maximum Gasteiger partial charge on any atom is 0.253 e. The average Bonchev–Trinajstić information content (AvgIpc) is 3.21. The Kier molecular flexibility index (Phi) is 6.51. The fourth-order valence-electron chi connectivity index (χ4n) is 3.30. The van der Waals surface area contributed by atoms with Crippen molar-refractivity contribution in [1.29, 1.82) is 0 Å². The van der Waals surface area contributed by atoms with Crippen LogP contribution in [0.1, 0.15) is 27.0 Å². The lowest BCUT2D eigenvalue weighted by Gasteiger charge is -2.11. The van der Waals surface area contributed by atoms with Gasteiger partial charge in [-0.25, -0.2) is 0 Å². The molecule has 0 aliphatic carbocycles. The smallest absolute Gasteiger partial charge is 0.253 e. The molecule has 0 unspecified atom stereocenters. The number of hydrogen-bond donors (Lipinski definition) is 2. The standard InChI is InChI=1S/C24H23N5O2S/c1-16-7-6-8-17(2)22(16)26-21(30)15-32-24-28-27-20-12-11-19(14-29(20)24)23(31)25-13-18-9-4-3-5-10-18/h3-12,14H,13,15H2,1-2H3,(H,25,31)(H,26,30). The van der Waals surface area contributed by atoms with E-state index in [2.05, 4.69) is 20.8 Å². The highest BCUT2D eigenvalue weighted by Gasteiger charge is 2.13. The fraction of sp³-hybridized carbons (Fsp3) is 0.167. The topological polar surface area (TPSA) is 88.4 Å². The van der Waals surface area contributed by atoms with Crippen LogP contribution in [0.25, 0.3) is 5.65 Å². The van der Waals surface area contributed by atoms with E-state index >= 15 is 0 Å². The van der Waals surface area contributed by atoms with Crippen LogP contribution >= 0.6 is 11.8 Å². The third-order valence-electron chi connectivity index (χ3n) is 5.01. The first-order valence-corrected chi connectivity index (χ1v) is 11.2. The van der Waals surface area contributed by atoms with Gasteiger partial charge in [-0.3, -0.25) is 14.0 Å². The van der Waals surface area contributed by atoms with Crippen molar-refractivity contribution in [2.24, 2.45) is 0 Å². The third kappa shape index (κ3) is 4.97. The Morgan fingerprint density at radius 1 is 0.938 bits per heavy atom. The van der Waals surface area contributed by atoms with Gasteiger partial charge in [-0.2, -0.15) is 0 Å². The lowest BCUT2D eigenvalue weighted by Crippen LogP contribution is -2.23. The molecule has 32 heavy (non-hydrogen) atoms. The van der Waals surface area contributed by atoms with E-state index in [0.29, 0.717) is 22.9 Å². The quantitative estimate of drug-likeness (QED) is 0.420. The molecule has 162 valence electrons. The predicted molar refractivity (Wildman–Crippen MR) is 126 cm³/mol. The second-order valence-electron chi connectivity index (χ2n) is 7.40. The number of thioether (sulfide) groups is 1. The van der Waals surface area contributed by atoms with Crippen molar-refractivity contribution in [2.75, 3.05) is 11.1 Å². The largest absolute Gasteiger partial charge is 0.348 e. The van der Waals surface area contributed by atoms with E-state index in [0.717, 1.165) is 22.4 Å². The van der Waals surface area contributed by atoms with Crippen molar-refractivity contribution < 1.29 is 9.59 Å². The molecule has 0 saturated heterocycles. The summed E-state index contributed by atoms with van der Waals surface area (Å²) in [5, 5.41) is 14.7. The number of aryl methyl sites for hydroxylation is 2. The Morgan fingerprint density at radius 2 is 1.69 bits per heavy atom. The van der Waals surface area contributed by atoms with Crippen LogP contribution in [-0.4, -0.2) is 32.2 Å². The molecule has 0 aliphatic rings. The SMILES string of the molecule is Cc1cccc(C)c1NC(=O)CSc1nnc2ccc(C(=O)NCc3ccccc3)cn12. The van der Waals surface area contributed by atoms with Crippen LogP contribution in [0.2, 0.25) is 0 Å². The van der Waals surface area contributed by atoms with Crippen LogP contribution in [0.3, 0.4) is 0 Å². The zero-order chi connectivity index (χ0) is 22.5. The molecule has 0 fully saturated rings. The summed E-state index contributed by atoms with van der Waals surface area (Å²) in [5.41, 5.74) is 5.00. The highest BCUT2D eigenvalue weighted by atomic mass is 32.2. The Labute approximate surface area is 190 Å². The number of pyridine rings is 1. The van der Waals surface area contributed by atoms with Crippen molar-refractivity contribution in [1.82, 2.24) is 19.9 Å². The fourth-order valence-corrected chi connectivity index (χ4v) is 4.02. The molecule has 2 amide bonds. The normalized spacial score (nSPS) is 10.8. The maximum atomic E-state index is 12.6. The van der Waals surface area contributed by atoms with Crippen LogP contribution < -0.4 is 10.6 Å². The van der Waals surface area contributed by atoms with E-state index in [-0.39, 0.29) is 17.6 Å². The zero-order valence-corrected chi connectivity index (χ0v) is 18.6. The van der Waals surface area contributed by atoms with Gasteiger partial charge < -0.3 is 10.6 Å². The van der Waals surface area contributed by atoms with E-state index < -0.39 is 0 Å². The van der Waals surface area contributed by atoms with Gasteiger partial charge in [0.1, 0.15) is 0 Å². The Hall–Kier alpha value is -3.65. The minimum absolute atomic E-state index is 0.124. The number of amides is 2. The minimum atomic E-state index is -0.187. The van der Waals surface area contributed by atoms with Crippen molar-refractivity contribution in [2.45, 2.75) is 25.5 Å². The molecule has 7 nitrogen and oxygen atoms in total. The number of fused-ring (bicyclic) bond motifs is 1. The van der Waals surface area contributed by atoms with Gasteiger partial charge in [-0.1, -0.05) is 60.3 Å². The number of para-hydroxylation sites is 1. The summed E-state index contributed by atoms with van der Waals surface area (Å²) < 4.78 is 1.73. The number of aromatic nitrogens is 3. The van der Waals surface area contributed by atoms with Gasteiger partial charge in [0.15, 0.2) is 10.8 Å². The van der Waals surface area contributed by atoms with Crippen LogP contribution in [-0.2, 0) is 11.3 Å². The van der Waals surface area contributed by atoms with Gasteiger partial charge in [-0.05, 0) is 42.7 Å². The first-order chi connectivity index (χ1) is 15.5. The van der Waals surface area contributed by atoms with Crippen LogP contribution in [0.5, 0.6) is 0 Å². The lowest BCUT2D eigenvalue weighted by atomic mass is 10.1. The number of nitrogens with zero attached hydrogens (tertiary/aromatic N) is 3. The first kappa shape index (κ1) is 21.6. The van der Waals surface area contributed by atoms with Crippen molar-refractivity contribution in [3.63, 3.8) is 0 Å². The number of carbonyl (C=O) groups is 2. The molecule has 2 heterocycles. The Morgan fingerprint density at radius 3 is 2.44 bits per heavy atom. The summed E-state index contributed by atoms with van der Waals surface area (Å²) in [4.78, 5) is 25.1. The molecular weight excluding hydrogens is 422 g/mol. The van der Waals surface area contributed by atoms with E-state index in [1.807, 2.05) is 62.4 Å². The number of rotatable bonds is 7. The highest BCUT2D eigenvalue weighted by molar-refractivity contribution is 7.99. The van der Waals surface area contributed by atoms with Gasteiger partial charge in [0.25, 0.3) is 5.91 Å². The summed E-state index contributed by atoms with van der Waals surface area (Å²) in [5.74, 6) is -0.131. The van der Waals surface area contributed by atoms with Gasteiger partial charge >= 0.3 is 0 Å². The molecule has 4 aromatic rings. The molecule has 0 atom stereocenters. The molecule has 0 spiro atoms. The van der Waals surface area contributed by atoms with Gasteiger partial charge in [-0.15, -0.1) is 10.2 Å². The van der Waals surface area contributed by atoms with Crippen molar-refractivity contribution >= 4 is 34.9 Å². The zero-order valence-electron chi connectivity index (χ0n) is 17.8. The average molecular weight is 446 g/mol. The Balaban J connectivity index is 1.42. The lowest BCUT2D eigenvalue weighted by molar-refractivity contribution is -0.113. The second kappa shape index (κ2) is 9.65. The van der Waals surface area contributed by atoms with Crippen LogP contribution in [0.4, 0.5) is 5.69 Å². The van der Waals surface area contributed by atoms with Crippen molar-refractivity contribution in [3.05, 3.63) is 89.1 Å². The van der Waals surface area contributed by atoms with E-state index in [1.165, 1.54) is 11.8 Å². The highest BCUT2D eigenvalue weighted by Crippen LogP contribution is 2.22. The maximum absolute atomic E-state index is 12.6. The van der Waals surface area contributed by atoms with Crippen LogP contribution in [0, 0.1) is 13.8 Å². The number of benzene rings is 2. The summed E-state index contributed by atoms with van der Waals surface area (Å²) in [7, 11) is 0. The molecule has 4 rings (SSSR count). The first-order valence-electron chi connectivity index (χ1n) is 10.2. The molecule has 2 aromatic heterocycles. The monoisotopic (exact) mass is 445 g/mol. The van der Waals surface area contributed by atoms with Gasteiger partial charge in [0.05, 0.1) is 11.3 Å². The minimum Gasteiger partial charge on any atom is -0.348 e. The van der Waals surface area contributed by atoms with Crippen LogP contribution in [0.15, 0.2) is 72.0 Å². The predicted octanol–water partition coefficient (Wildman–Crippen LogP) is 4.01. The van der Waals surface area contributed by atoms with Crippen molar-refractivity contribution in [3.8, 4) is 0 Å². The molecular formula is C24H23N5O2S. The van der Waals surface area contributed by atoms with E-state index in [1.54, 1.807) is 22.7 Å². The Bertz CT molecular complexity index is 1250. The number of nitrogens with one attached hydrogen (secondary N) is 2. The number of anilines is 1. The number of hydrogen-bond acceptors (Lipinski definition) is 5. The molecule has 8 heteroatoms. The van der Waals surface area contributed by atoms with Gasteiger partial charge in [0.2, 0.25) is 5.91 Å². The van der Waals surface area contributed by atoms with E-state index in [9.17, 15) is 9.59 Å². The summed E-state index contributed by atoms with van der Waals surface area (Å²) in [6.45, 7) is 4.37. The summed E-state index contributed by atoms with van der Waals surface area (Å²) in [6, 6.07) is 19.1.